The van der Waals surface area contributed by atoms with Crippen molar-refractivity contribution < 1.29 is 0 Å². The molecule has 0 aliphatic heterocycles. The molecular formula is C12H10N4. The Kier molecular flexibility index (Phi) is 1.86. The van der Waals surface area contributed by atoms with Gasteiger partial charge in [-0.2, -0.15) is 0 Å². The molecule has 0 aromatic carbocycles. The highest BCUT2D eigenvalue weighted by molar-refractivity contribution is 5.64. The zero-order valence-corrected chi connectivity index (χ0v) is 8.54. The van der Waals surface area contributed by atoms with Crippen molar-refractivity contribution in [1.29, 1.82) is 0 Å². The number of imidazole rings is 1. The van der Waals surface area contributed by atoms with Crippen LogP contribution < -0.4 is 5.73 Å². The Bertz CT molecular complexity index is 628. The first-order valence-corrected chi connectivity index (χ1v) is 4.97. The minimum Gasteiger partial charge on any atom is -0.382 e. The van der Waals surface area contributed by atoms with E-state index in [0.717, 1.165) is 16.8 Å². The van der Waals surface area contributed by atoms with E-state index in [1.165, 1.54) is 0 Å². The van der Waals surface area contributed by atoms with Gasteiger partial charge in [0.05, 0.1) is 6.20 Å². The lowest BCUT2D eigenvalue weighted by molar-refractivity contribution is 1.19. The summed E-state index contributed by atoms with van der Waals surface area (Å²) in [7, 11) is 0. The van der Waals surface area contributed by atoms with Crippen LogP contribution in [0.2, 0.25) is 0 Å². The van der Waals surface area contributed by atoms with Crippen molar-refractivity contribution in [2.75, 3.05) is 5.73 Å². The van der Waals surface area contributed by atoms with Gasteiger partial charge in [0.15, 0.2) is 0 Å². The largest absolute Gasteiger partial charge is 0.382 e. The van der Waals surface area contributed by atoms with E-state index in [9.17, 15) is 0 Å². The predicted octanol–water partition coefficient (Wildman–Crippen LogP) is 1.98. The molecule has 0 spiro atoms. The molecule has 3 heterocycles. The molecule has 0 saturated heterocycles. The first kappa shape index (κ1) is 8.91. The number of fused-ring (bicyclic) bond motifs is 1. The quantitative estimate of drug-likeness (QED) is 0.668. The molecule has 3 aromatic heterocycles. The topological polar surface area (TPSA) is 56.2 Å². The minimum atomic E-state index is 0.534. The number of nitrogen functional groups attached to an aromatic ring is 1. The Balaban J connectivity index is 2.18. The van der Waals surface area contributed by atoms with Crippen molar-refractivity contribution in [3.8, 4) is 11.1 Å². The third-order valence-electron chi connectivity index (χ3n) is 2.48. The molecule has 4 nitrogen and oxygen atoms in total. The van der Waals surface area contributed by atoms with Crippen LogP contribution in [-0.4, -0.2) is 14.4 Å². The summed E-state index contributed by atoms with van der Waals surface area (Å²) >= 11 is 0. The summed E-state index contributed by atoms with van der Waals surface area (Å²) in [6, 6.07) is 7.92. The molecule has 0 unspecified atom stereocenters. The molecule has 3 rings (SSSR count). The highest BCUT2D eigenvalue weighted by Crippen LogP contribution is 2.19. The molecule has 4 heteroatoms. The molecule has 0 amide bonds. The monoisotopic (exact) mass is 210 g/mol. The number of hydrogen-bond acceptors (Lipinski definition) is 3. The lowest BCUT2D eigenvalue weighted by Crippen LogP contribution is -1.85. The SMILES string of the molecule is Nc1cn2cc(-c3ccncc3)ccc2n1. The normalized spacial score (nSPS) is 10.8. The molecule has 78 valence electrons. The summed E-state index contributed by atoms with van der Waals surface area (Å²) in [5, 5.41) is 0. The maximum Gasteiger partial charge on any atom is 0.142 e. The first-order valence-electron chi connectivity index (χ1n) is 4.97. The van der Waals surface area contributed by atoms with Gasteiger partial charge in [0.25, 0.3) is 0 Å². The van der Waals surface area contributed by atoms with Crippen LogP contribution >= 0.6 is 0 Å². The van der Waals surface area contributed by atoms with Crippen LogP contribution in [0.4, 0.5) is 5.82 Å². The van der Waals surface area contributed by atoms with Crippen molar-refractivity contribution in [2.45, 2.75) is 0 Å². The zero-order valence-electron chi connectivity index (χ0n) is 8.54. The molecule has 3 aromatic rings. The number of pyridine rings is 2. The van der Waals surface area contributed by atoms with Gasteiger partial charge in [-0.05, 0) is 35.4 Å². The maximum atomic E-state index is 5.64. The minimum absolute atomic E-state index is 0.534. The average molecular weight is 210 g/mol. The van der Waals surface area contributed by atoms with Gasteiger partial charge in [-0.25, -0.2) is 4.98 Å². The van der Waals surface area contributed by atoms with Crippen LogP contribution in [0, 0.1) is 0 Å². The summed E-state index contributed by atoms with van der Waals surface area (Å²) in [4.78, 5) is 8.17. The highest BCUT2D eigenvalue weighted by Gasteiger charge is 2.01. The average Bonchev–Trinajstić information content (AvgIpc) is 2.69. The van der Waals surface area contributed by atoms with E-state index in [2.05, 4.69) is 9.97 Å². The number of nitrogens with zero attached hydrogens (tertiary/aromatic N) is 3. The van der Waals surface area contributed by atoms with E-state index in [1.807, 2.05) is 34.9 Å². The summed E-state index contributed by atoms with van der Waals surface area (Å²) in [6.07, 6.45) is 7.37. The molecule has 0 saturated carbocycles. The molecule has 0 aliphatic carbocycles. The lowest BCUT2D eigenvalue weighted by atomic mass is 10.1. The Morgan fingerprint density at radius 3 is 2.56 bits per heavy atom. The van der Waals surface area contributed by atoms with Crippen LogP contribution in [0.5, 0.6) is 0 Å². The fourth-order valence-corrected chi connectivity index (χ4v) is 1.73. The van der Waals surface area contributed by atoms with Gasteiger partial charge >= 0.3 is 0 Å². The summed E-state index contributed by atoms with van der Waals surface area (Å²) < 4.78 is 1.92. The summed E-state index contributed by atoms with van der Waals surface area (Å²) in [5.74, 6) is 0.534. The number of aromatic nitrogens is 3. The molecule has 0 atom stereocenters. The molecule has 0 bridgehead atoms. The molecule has 0 fully saturated rings. The van der Waals surface area contributed by atoms with Gasteiger partial charge in [-0.15, -0.1) is 0 Å². The van der Waals surface area contributed by atoms with E-state index in [0.29, 0.717) is 5.82 Å². The lowest BCUT2D eigenvalue weighted by Gasteiger charge is -2.01. The van der Waals surface area contributed by atoms with Gasteiger partial charge in [0, 0.05) is 18.6 Å². The molecule has 0 radical (unpaired) electrons. The standard InChI is InChI=1S/C12H10N4/c13-11-8-16-7-10(1-2-12(16)15-11)9-3-5-14-6-4-9/h1-8H,13H2. The fourth-order valence-electron chi connectivity index (χ4n) is 1.73. The van der Waals surface area contributed by atoms with Gasteiger partial charge < -0.3 is 10.1 Å². The Labute approximate surface area is 92.4 Å². The Morgan fingerprint density at radius 2 is 1.75 bits per heavy atom. The van der Waals surface area contributed by atoms with E-state index in [1.54, 1.807) is 18.6 Å². The van der Waals surface area contributed by atoms with E-state index < -0.39 is 0 Å². The number of anilines is 1. The maximum absolute atomic E-state index is 5.64. The van der Waals surface area contributed by atoms with Crippen LogP contribution in [-0.2, 0) is 0 Å². The van der Waals surface area contributed by atoms with Crippen molar-refractivity contribution in [2.24, 2.45) is 0 Å². The highest BCUT2D eigenvalue weighted by atomic mass is 15.0. The van der Waals surface area contributed by atoms with Crippen molar-refractivity contribution >= 4 is 11.5 Å². The fraction of sp³-hybridized carbons (Fsp3) is 0. The summed E-state index contributed by atoms with van der Waals surface area (Å²) in [6.45, 7) is 0. The predicted molar refractivity (Wildman–Crippen MR) is 62.8 cm³/mol. The van der Waals surface area contributed by atoms with Crippen molar-refractivity contribution in [3.05, 3.63) is 49.1 Å². The second-order valence-corrected chi connectivity index (χ2v) is 3.58. The first-order chi connectivity index (χ1) is 7.83. The molecular weight excluding hydrogens is 200 g/mol. The summed E-state index contributed by atoms with van der Waals surface area (Å²) in [5.41, 5.74) is 8.74. The molecule has 0 aliphatic rings. The van der Waals surface area contributed by atoms with Crippen LogP contribution in [0.3, 0.4) is 0 Å². The molecule has 16 heavy (non-hydrogen) atoms. The van der Waals surface area contributed by atoms with Crippen molar-refractivity contribution in [1.82, 2.24) is 14.4 Å². The Hall–Kier alpha value is -2.36. The number of hydrogen-bond donors (Lipinski definition) is 1. The van der Waals surface area contributed by atoms with Gasteiger partial charge in [-0.3, -0.25) is 4.98 Å². The second kappa shape index (κ2) is 3.34. The van der Waals surface area contributed by atoms with E-state index >= 15 is 0 Å². The number of rotatable bonds is 1. The molecule has 2 N–H and O–H groups in total. The van der Waals surface area contributed by atoms with E-state index in [4.69, 9.17) is 5.73 Å². The smallest absolute Gasteiger partial charge is 0.142 e. The van der Waals surface area contributed by atoms with Crippen LogP contribution in [0.15, 0.2) is 49.1 Å². The second-order valence-electron chi connectivity index (χ2n) is 3.58. The van der Waals surface area contributed by atoms with Gasteiger partial charge in [-0.1, -0.05) is 0 Å². The number of nitrogens with two attached hydrogens (primary N) is 1. The van der Waals surface area contributed by atoms with Crippen LogP contribution in [0.1, 0.15) is 0 Å². The van der Waals surface area contributed by atoms with Crippen molar-refractivity contribution in [3.63, 3.8) is 0 Å². The third-order valence-corrected chi connectivity index (χ3v) is 2.48. The van der Waals surface area contributed by atoms with E-state index in [-0.39, 0.29) is 0 Å². The Morgan fingerprint density at radius 1 is 0.938 bits per heavy atom. The third kappa shape index (κ3) is 1.40. The van der Waals surface area contributed by atoms with Crippen LogP contribution in [0.25, 0.3) is 16.8 Å². The zero-order chi connectivity index (χ0) is 11.0. The van der Waals surface area contributed by atoms with Gasteiger partial charge in [0.1, 0.15) is 11.5 Å². The van der Waals surface area contributed by atoms with Gasteiger partial charge in [0.2, 0.25) is 0 Å².